The van der Waals surface area contributed by atoms with Gasteiger partial charge in [0, 0.05) is 24.7 Å². The Kier molecular flexibility index (Phi) is 4.25. The van der Waals surface area contributed by atoms with Crippen LogP contribution in [0.2, 0.25) is 0 Å². The van der Waals surface area contributed by atoms with Crippen molar-refractivity contribution in [2.75, 3.05) is 6.54 Å². The van der Waals surface area contributed by atoms with Crippen LogP contribution in [-0.2, 0) is 10.0 Å². The monoisotopic (exact) mass is 336 g/mol. The second-order valence-electron chi connectivity index (χ2n) is 6.31. The highest BCUT2D eigenvalue weighted by Gasteiger charge is 2.39. The minimum absolute atomic E-state index is 0.0855. The van der Waals surface area contributed by atoms with Crippen LogP contribution in [0, 0.1) is 16.0 Å². The standard InChI is InChI=1S/C16H20N2O4S/c1-12-4-5-13-3-2-10-17(16(13)11-12)23(21,22)15-8-6-14(7-9-15)18(19)20/h6-9,11,13,16H,2-5,10H2,1H3/t13-,16+/m1/s1. The van der Waals surface area contributed by atoms with Gasteiger partial charge < -0.3 is 0 Å². The first-order valence-corrected chi connectivity index (χ1v) is 9.27. The maximum Gasteiger partial charge on any atom is 0.269 e. The van der Waals surface area contributed by atoms with Crippen molar-refractivity contribution < 1.29 is 13.3 Å². The Morgan fingerprint density at radius 3 is 2.57 bits per heavy atom. The second-order valence-corrected chi connectivity index (χ2v) is 8.20. The van der Waals surface area contributed by atoms with Crippen molar-refractivity contribution in [3.63, 3.8) is 0 Å². The lowest BCUT2D eigenvalue weighted by atomic mass is 9.81. The van der Waals surface area contributed by atoms with E-state index in [9.17, 15) is 18.5 Å². The lowest BCUT2D eigenvalue weighted by molar-refractivity contribution is -0.384. The Bertz CT molecular complexity index is 740. The van der Waals surface area contributed by atoms with Gasteiger partial charge in [0.05, 0.1) is 9.82 Å². The van der Waals surface area contributed by atoms with Gasteiger partial charge in [0.15, 0.2) is 0 Å². The second kappa shape index (κ2) is 6.05. The highest BCUT2D eigenvalue weighted by atomic mass is 32.2. The third-order valence-electron chi connectivity index (χ3n) is 4.79. The third-order valence-corrected chi connectivity index (χ3v) is 6.70. The first-order chi connectivity index (χ1) is 10.9. The number of rotatable bonds is 3. The normalized spacial score (nSPS) is 25.5. The van der Waals surface area contributed by atoms with E-state index in [-0.39, 0.29) is 16.6 Å². The summed E-state index contributed by atoms with van der Waals surface area (Å²) in [7, 11) is -3.63. The number of allylic oxidation sites excluding steroid dienone is 1. The van der Waals surface area contributed by atoms with E-state index in [1.54, 1.807) is 4.31 Å². The number of hydrogen-bond acceptors (Lipinski definition) is 4. The molecule has 1 aromatic rings. The Morgan fingerprint density at radius 1 is 1.22 bits per heavy atom. The van der Waals surface area contributed by atoms with E-state index in [2.05, 4.69) is 6.08 Å². The van der Waals surface area contributed by atoms with Crippen LogP contribution in [0.5, 0.6) is 0 Å². The first kappa shape index (κ1) is 16.1. The highest BCUT2D eigenvalue weighted by Crippen LogP contribution is 2.37. The summed E-state index contributed by atoms with van der Waals surface area (Å²) in [5, 5.41) is 10.7. The molecule has 1 saturated heterocycles. The average Bonchev–Trinajstić information content (AvgIpc) is 2.54. The lowest BCUT2D eigenvalue weighted by Gasteiger charge is -2.41. The van der Waals surface area contributed by atoms with Crippen molar-refractivity contribution in [1.29, 1.82) is 0 Å². The molecular weight excluding hydrogens is 316 g/mol. The number of hydrogen-bond donors (Lipinski definition) is 0. The van der Waals surface area contributed by atoms with Crippen LogP contribution < -0.4 is 0 Å². The Hall–Kier alpha value is -1.73. The fraction of sp³-hybridized carbons (Fsp3) is 0.500. The van der Waals surface area contributed by atoms with Crippen molar-refractivity contribution in [3.8, 4) is 0 Å². The molecule has 124 valence electrons. The number of sulfonamides is 1. The van der Waals surface area contributed by atoms with Gasteiger partial charge >= 0.3 is 0 Å². The molecule has 6 nitrogen and oxygen atoms in total. The molecule has 23 heavy (non-hydrogen) atoms. The molecule has 7 heteroatoms. The molecule has 0 aromatic heterocycles. The van der Waals surface area contributed by atoms with E-state index >= 15 is 0 Å². The summed E-state index contributed by atoms with van der Waals surface area (Å²) in [5.41, 5.74) is 1.13. The molecule has 0 spiro atoms. The predicted molar refractivity (Wildman–Crippen MR) is 86.5 cm³/mol. The number of non-ortho nitro benzene ring substituents is 1. The molecule has 0 amide bonds. The molecule has 0 saturated carbocycles. The molecule has 1 aliphatic heterocycles. The molecule has 1 aromatic carbocycles. The topological polar surface area (TPSA) is 80.5 Å². The zero-order valence-corrected chi connectivity index (χ0v) is 13.8. The van der Waals surface area contributed by atoms with Crippen molar-refractivity contribution in [2.45, 2.75) is 43.5 Å². The molecule has 3 rings (SSSR count). The van der Waals surface area contributed by atoms with E-state index in [1.165, 1.54) is 29.8 Å². The summed E-state index contributed by atoms with van der Waals surface area (Å²) in [6.07, 6.45) is 6.06. The fourth-order valence-corrected chi connectivity index (χ4v) is 5.22. The van der Waals surface area contributed by atoms with Gasteiger partial charge in [-0.25, -0.2) is 8.42 Å². The van der Waals surface area contributed by atoms with Crippen LogP contribution in [0.25, 0.3) is 0 Å². The molecule has 0 radical (unpaired) electrons. The number of benzene rings is 1. The van der Waals surface area contributed by atoms with E-state index < -0.39 is 14.9 Å². The Morgan fingerprint density at radius 2 is 1.91 bits per heavy atom. The van der Waals surface area contributed by atoms with Crippen LogP contribution in [0.3, 0.4) is 0 Å². The maximum atomic E-state index is 13.0. The van der Waals surface area contributed by atoms with Crippen LogP contribution in [0.15, 0.2) is 40.8 Å². The van der Waals surface area contributed by atoms with Gasteiger partial charge in [0.2, 0.25) is 10.0 Å². The number of fused-ring (bicyclic) bond motifs is 1. The Labute approximate surface area is 136 Å². The molecule has 2 aliphatic rings. The molecule has 1 heterocycles. The molecule has 0 N–H and O–H groups in total. The number of nitro benzene ring substituents is 1. The van der Waals surface area contributed by atoms with Gasteiger partial charge in [-0.15, -0.1) is 0 Å². The van der Waals surface area contributed by atoms with E-state index in [0.29, 0.717) is 12.5 Å². The average molecular weight is 336 g/mol. The molecule has 0 unspecified atom stereocenters. The molecular formula is C16H20N2O4S. The summed E-state index contributed by atoms with van der Waals surface area (Å²) in [5.74, 6) is 0.375. The summed E-state index contributed by atoms with van der Waals surface area (Å²) in [6, 6.07) is 5.07. The lowest BCUT2D eigenvalue weighted by Crippen LogP contribution is -2.48. The fourth-order valence-electron chi connectivity index (χ4n) is 3.54. The van der Waals surface area contributed by atoms with Gasteiger partial charge in [0.25, 0.3) is 5.69 Å². The first-order valence-electron chi connectivity index (χ1n) is 7.83. The van der Waals surface area contributed by atoms with Crippen LogP contribution in [0.4, 0.5) is 5.69 Å². The number of nitro groups is 1. The maximum absolute atomic E-state index is 13.0. The quantitative estimate of drug-likeness (QED) is 0.482. The van der Waals surface area contributed by atoms with Gasteiger partial charge in [-0.1, -0.05) is 11.6 Å². The van der Waals surface area contributed by atoms with Crippen LogP contribution in [-0.4, -0.2) is 30.2 Å². The van der Waals surface area contributed by atoms with Gasteiger partial charge in [0.1, 0.15) is 0 Å². The molecule has 1 fully saturated rings. The molecule has 2 atom stereocenters. The smallest absolute Gasteiger partial charge is 0.258 e. The van der Waals surface area contributed by atoms with Crippen molar-refractivity contribution in [1.82, 2.24) is 4.31 Å². The number of piperidine rings is 1. The van der Waals surface area contributed by atoms with Crippen molar-refractivity contribution in [3.05, 3.63) is 46.0 Å². The third kappa shape index (κ3) is 3.03. The number of nitrogens with zero attached hydrogens (tertiary/aromatic N) is 2. The van der Waals surface area contributed by atoms with Gasteiger partial charge in [-0.05, 0) is 50.7 Å². The zero-order valence-electron chi connectivity index (χ0n) is 13.0. The van der Waals surface area contributed by atoms with E-state index in [0.717, 1.165) is 25.7 Å². The minimum atomic E-state index is -3.63. The molecule has 0 bridgehead atoms. The van der Waals surface area contributed by atoms with Crippen LogP contribution in [0.1, 0.15) is 32.6 Å². The predicted octanol–water partition coefficient (Wildman–Crippen LogP) is 3.10. The summed E-state index contributed by atoms with van der Waals surface area (Å²) >= 11 is 0. The Balaban J connectivity index is 1.94. The molecule has 1 aliphatic carbocycles. The summed E-state index contributed by atoms with van der Waals surface area (Å²) in [4.78, 5) is 10.3. The summed E-state index contributed by atoms with van der Waals surface area (Å²) < 4.78 is 27.5. The van der Waals surface area contributed by atoms with Crippen molar-refractivity contribution in [2.24, 2.45) is 5.92 Å². The van der Waals surface area contributed by atoms with Crippen LogP contribution >= 0.6 is 0 Å². The van der Waals surface area contributed by atoms with E-state index in [4.69, 9.17) is 0 Å². The minimum Gasteiger partial charge on any atom is -0.258 e. The van der Waals surface area contributed by atoms with Crippen molar-refractivity contribution >= 4 is 15.7 Å². The highest BCUT2D eigenvalue weighted by molar-refractivity contribution is 7.89. The zero-order chi connectivity index (χ0) is 16.6. The van der Waals surface area contributed by atoms with E-state index in [1.807, 2.05) is 6.92 Å². The van der Waals surface area contributed by atoms with Gasteiger partial charge in [-0.3, -0.25) is 10.1 Å². The summed E-state index contributed by atoms with van der Waals surface area (Å²) in [6.45, 7) is 2.55. The van der Waals surface area contributed by atoms with Gasteiger partial charge in [-0.2, -0.15) is 4.31 Å². The SMILES string of the molecule is CC1=C[C@H]2[C@H](CCCN2S(=O)(=O)c2ccc([N+](=O)[O-])cc2)CC1. The largest absolute Gasteiger partial charge is 0.269 e.